The van der Waals surface area contributed by atoms with Gasteiger partial charge in [-0.15, -0.1) is 0 Å². The topological polar surface area (TPSA) is 106 Å². The maximum atomic E-state index is 13.3. The number of hydrogen-bond acceptors (Lipinski definition) is 6. The molecule has 0 aromatic carbocycles. The monoisotopic (exact) mass is 374 g/mol. The van der Waals surface area contributed by atoms with Crippen molar-refractivity contribution in [2.75, 3.05) is 17.7 Å². The summed E-state index contributed by atoms with van der Waals surface area (Å²) in [6.07, 6.45) is 5.76. The highest BCUT2D eigenvalue weighted by Gasteiger charge is 2.45. The highest BCUT2D eigenvalue weighted by Crippen LogP contribution is 2.39. The van der Waals surface area contributed by atoms with E-state index in [4.69, 9.17) is 17.3 Å². The van der Waals surface area contributed by atoms with Crippen molar-refractivity contribution in [1.82, 2.24) is 19.9 Å². The van der Waals surface area contributed by atoms with Gasteiger partial charge in [-0.1, -0.05) is 18.0 Å². The second-order valence-electron chi connectivity index (χ2n) is 6.77. The molecule has 0 atom stereocenters. The molecule has 1 aliphatic heterocycles. The number of carbonyl (C=O) groups excluding carboxylic acids is 1. The lowest BCUT2D eigenvalue weighted by Gasteiger charge is -2.35. The molecule has 0 radical (unpaired) electrons. The van der Waals surface area contributed by atoms with Gasteiger partial charge in [-0.2, -0.15) is 0 Å². The zero-order chi connectivity index (χ0) is 18.5. The Hall–Kier alpha value is -2.61. The Bertz CT molecular complexity index is 951. The number of pyridine rings is 1. The second-order valence-corrected chi connectivity index (χ2v) is 7.18. The van der Waals surface area contributed by atoms with Crippen LogP contribution in [0.1, 0.15) is 42.6 Å². The molecule has 2 aliphatic rings. The van der Waals surface area contributed by atoms with Crippen LogP contribution in [0.5, 0.6) is 0 Å². The molecule has 1 fully saturated rings. The number of fused-ring (bicyclic) bond motifs is 2. The molecule has 2 aromatic rings. The van der Waals surface area contributed by atoms with Crippen molar-refractivity contribution in [3.8, 4) is 0 Å². The number of hydrogen-bond donors (Lipinski definition) is 2. The normalized spacial score (nSPS) is 17.8. The number of carbonyl (C=O) groups is 1. The highest BCUT2D eigenvalue weighted by atomic mass is 35.5. The van der Waals surface area contributed by atoms with Gasteiger partial charge in [0.25, 0.3) is 11.5 Å². The zero-order valence-electron chi connectivity index (χ0n) is 14.3. The zero-order valence-corrected chi connectivity index (χ0v) is 15.1. The van der Waals surface area contributed by atoms with E-state index in [1.165, 1.54) is 12.4 Å². The molecular formula is C17H19ClN6O2. The molecule has 0 unspecified atom stereocenters. The van der Waals surface area contributed by atoms with E-state index < -0.39 is 5.66 Å². The van der Waals surface area contributed by atoms with Gasteiger partial charge in [0.1, 0.15) is 35.0 Å². The van der Waals surface area contributed by atoms with Crippen LogP contribution in [0.15, 0.2) is 23.3 Å². The molecule has 2 aromatic heterocycles. The van der Waals surface area contributed by atoms with E-state index in [1.807, 2.05) is 0 Å². The molecule has 0 saturated heterocycles. The largest absolute Gasteiger partial charge is 0.384 e. The third kappa shape index (κ3) is 2.44. The first-order valence-corrected chi connectivity index (χ1v) is 8.90. The van der Waals surface area contributed by atoms with Crippen molar-refractivity contribution in [3.05, 3.63) is 39.5 Å². The Morgan fingerprint density at radius 2 is 1.96 bits per heavy atom. The second kappa shape index (κ2) is 5.98. The molecule has 9 heteroatoms. The minimum atomic E-state index is -0.688. The minimum Gasteiger partial charge on any atom is -0.384 e. The number of nitrogen functional groups attached to an aromatic ring is 1. The van der Waals surface area contributed by atoms with Crippen molar-refractivity contribution >= 4 is 34.8 Å². The number of amides is 1. The number of rotatable bonds is 2. The molecule has 3 heterocycles. The summed E-state index contributed by atoms with van der Waals surface area (Å²) in [7, 11) is 1.71. The van der Waals surface area contributed by atoms with Gasteiger partial charge in [0.05, 0.1) is 5.02 Å². The highest BCUT2D eigenvalue weighted by molar-refractivity contribution is 6.34. The predicted molar refractivity (Wildman–Crippen MR) is 98.7 cm³/mol. The molecule has 1 amide bonds. The van der Waals surface area contributed by atoms with Crippen LogP contribution >= 0.6 is 11.6 Å². The fraction of sp³-hybridized carbons (Fsp3) is 0.412. The average Bonchev–Trinajstić information content (AvgIpc) is 2.90. The van der Waals surface area contributed by atoms with E-state index in [0.29, 0.717) is 17.3 Å². The maximum absolute atomic E-state index is 13.3. The summed E-state index contributed by atoms with van der Waals surface area (Å²) in [5.74, 6) is 0.477. The van der Waals surface area contributed by atoms with E-state index in [2.05, 4.69) is 15.3 Å². The third-order valence-electron chi connectivity index (χ3n) is 5.18. The van der Waals surface area contributed by atoms with Gasteiger partial charge in [0, 0.05) is 13.1 Å². The van der Waals surface area contributed by atoms with Gasteiger partial charge >= 0.3 is 0 Å². The SMILES string of the molecule is CN(c1cc(N)ncn1)c1cc(Cl)c2n(c1=O)C1(CCCCC1)NC2=O. The fourth-order valence-corrected chi connectivity index (χ4v) is 4.19. The Morgan fingerprint density at radius 3 is 2.65 bits per heavy atom. The van der Waals surface area contributed by atoms with Crippen molar-refractivity contribution in [2.24, 2.45) is 0 Å². The predicted octanol–water partition coefficient (Wildman–Crippen LogP) is 2.00. The minimum absolute atomic E-state index is 0.234. The summed E-state index contributed by atoms with van der Waals surface area (Å²) < 4.78 is 1.55. The lowest BCUT2D eigenvalue weighted by molar-refractivity contribution is 0.0877. The number of aromatic nitrogens is 3. The van der Waals surface area contributed by atoms with Crippen molar-refractivity contribution in [1.29, 1.82) is 0 Å². The number of nitrogens with zero attached hydrogens (tertiary/aromatic N) is 4. The lowest BCUT2D eigenvalue weighted by Crippen LogP contribution is -2.49. The third-order valence-corrected chi connectivity index (χ3v) is 5.47. The van der Waals surface area contributed by atoms with Gasteiger partial charge < -0.3 is 16.0 Å². The standard InChI is InChI=1S/C17H19ClN6O2/c1-23(13-8-12(19)20-9-21-13)11-7-10(18)14-15(25)22-17(24(14)16(11)26)5-3-2-4-6-17/h7-9H,2-6H2,1H3,(H,22,25)(H2,19,20,21). The first kappa shape index (κ1) is 16.8. The molecule has 1 aliphatic carbocycles. The van der Waals surface area contributed by atoms with Gasteiger partial charge in [0.15, 0.2) is 0 Å². The van der Waals surface area contributed by atoms with Crippen molar-refractivity contribution in [2.45, 2.75) is 37.8 Å². The van der Waals surface area contributed by atoms with E-state index in [0.717, 1.165) is 32.1 Å². The first-order chi connectivity index (χ1) is 12.4. The molecule has 1 spiro atoms. The van der Waals surface area contributed by atoms with Crippen LogP contribution in [0.4, 0.5) is 17.3 Å². The molecule has 0 bridgehead atoms. The Kier molecular flexibility index (Phi) is 3.87. The van der Waals surface area contributed by atoms with Crippen LogP contribution in [0.3, 0.4) is 0 Å². The Labute approximate surface area is 155 Å². The van der Waals surface area contributed by atoms with Gasteiger partial charge in [-0.3, -0.25) is 14.2 Å². The Balaban J connectivity index is 1.89. The Morgan fingerprint density at radius 1 is 1.23 bits per heavy atom. The lowest BCUT2D eigenvalue weighted by atomic mass is 9.89. The molecule has 26 heavy (non-hydrogen) atoms. The molecule has 8 nitrogen and oxygen atoms in total. The number of nitrogens with two attached hydrogens (primary N) is 1. The van der Waals surface area contributed by atoms with Crippen LogP contribution in [0.25, 0.3) is 0 Å². The average molecular weight is 375 g/mol. The summed E-state index contributed by atoms with van der Waals surface area (Å²) in [6.45, 7) is 0. The van der Waals surface area contributed by atoms with Crippen molar-refractivity contribution in [3.63, 3.8) is 0 Å². The maximum Gasteiger partial charge on any atom is 0.277 e. The summed E-state index contributed by atoms with van der Waals surface area (Å²) in [5, 5.41) is 3.25. The molecule has 4 rings (SSSR count). The van der Waals surface area contributed by atoms with E-state index in [1.54, 1.807) is 22.6 Å². The summed E-state index contributed by atoms with van der Waals surface area (Å²) in [6, 6.07) is 3.08. The van der Waals surface area contributed by atoms with Crippen molar-refractivity contribution < 1.29 is 4.79 Å². The van der Waals surface area contributed by atoms with Gasteiger partial charge in [-0.25, -0.2) is 9.97 Å². The van der Waals surface area contributed by atoms with E-state index in [9.17, 15) is 9.59 Å². The van der Waals surface area contributed by atoms with Crippen LogP contribution < -0.4 is 21.5 Å². The summed E-state index contributed by atoms with van der Waals surface area (Å²) >= 11 is 6.40. The van der Waals surface area contributed by atoms with Crippen LogP contribution in [0.2, 0.25) is 5.02 Å². The number of nitrogens with one attached hydrogen (secondary N) is 1. The van der Waals surface area contributed by atoms with Crippen LogP contribution in [-0.4, -0.2) is 27.5 Å². The fourth-order valence-electron chi connectivity index (χ4n) is 3.91. The molecule has 3 N–H and O–H groups in total. The molecule has 136 valence electrons. The van der Waals surface area contributed by atoms with Crippen LogP contribution in [-0.2, 0) is 5.66 Å². The number of halogens is 1. The number of anilines is 3. The van der Waals surface area contributed by atoms with Gasteiger partial charge in [-0.05, 0) is 31.7 Å². The van der Waals surface area contributed by atoms with Crippen LogP contribution in [0, 0.1) is 0 Å². The van der Waals surface area contributed by atoms with E-state index in [-0.39, 0.29) is 22.2 Å². The van der Waals surface area contributed by atoms with Gasteiger partial charge in [0.2, 0.25) is 0 Å². The quantitative estimate of drug-likeness (QED) is 0.832. The smallest absolute Gasteiger partial charge is 0.277 e. The summed E-state index contributed by atoms with van der Waals surface area (Å²) in [4.78, 5) is 35.5. The summed E-state index contributed by atoms with van der Waals surface area (Å²) in [5.41, 5.74) is 5.33. The molecule has 1 saturated carbocycles. The van der Waals surface area contributed by atoms with E-state index >= 15 is 0 Å². The first-order valence-electron chi connectivity index (χ1n) is 8.53. The molecular weight excluding hydrogens is 356 g/mol.